The molecule has 1 aliphatic carbocycles. The third-order valence-electron chi connectivity index (χ3n) is 2.89. The SMILES string of the molecule is NNc1cc(C(=O)NC2CCCC2)cc(Cl)n1. The molecule has 0 aromatic carbocycles. The Morgan fingerprint density at radius 1 is 1.41 bits per heavy atom. The van der Waals surface area contributed by atoms with Gasteiger partial charge in [0.25, 0.3) is 5.91 Å². The van der Waals surface area contributed by atoms with Crippen molar-refractivity contribution < 1.29 is 4.79 Å². The monoisotopic (exact) mass is 254 g/mol. The van der Waals surface area contributed by atoms with E-state index in [0.29, 0.717) is 11.4 Å². The van der Waals surface area contributed by atoms with Crippen LogP contribution in [0.5, 0.6) is 0 Å². The summed E-state index contributed by atoms with van der Waals surface area (Å²) in [5, 5.41) is 3.23. The van der Waals surface area contributed by atoms with E-state index in [1.807, 2.05) is 0 Å². The van der Waals surface area contributed by atoms with Crippen LogP contribution >= 0.6 is 11.6 Å². The zero-order chi connectivity index (χ0) is 12.3. The molecule has 1 amide bonds. The van der Waals surface area contributed by atoms with E-state index in [4.69, 9.17) is 17.4 Å². The van der Waals surface area contributed by atoms with Crippen molar-refractivity contribution in [3.8, 4) is 0 Å². The van der Waals surface area contributed by atoms with Crippen molar-refractivity contribution in [2.24, 2.45) is 5.84 Å². The number of carbonyl (C=O) groups excluding carboxylic acids is 1. The molecule has 92 valence electrons. The van der Waals surface area contributed by atoms with Gasteiger partial charge in [-0.3, -0.25) is 4.79 Å². The molecule has 1 saturated carbocycles. The topological polar surface area (TPSA) is 80.0 Å². The predicted octanol–water partition coefficient (Wildman–Crippen LogP) is 1.69. The number of hydrogen-bond donors (Lipinski definition) is 3. The van der Waals surface area contributed by atoms with Gasteiger partial charge < -0.3 is 10.7 Å². The summed E-state index contributed by atoms with van der Waals surface area (Å²) < 4.78 is 0. The second-order valence-corrected chi connectivity index (χ2v) is 4.55. The normalized spacial score (nSPS) is 15.9. The lowest BCUT2D eigenvalue weighted by atomic mass is 10.2. The fourth-order valence-corrected chi connectivity index (χ4v) is 2.25. The number of halogens is 1. The fourth-order valence-electron chi connectivity index (χ4n) is 2.04. The quantitative estimate of drug-likeness (QED) is 0.436. The van der Waals surface area contributed by atoms with Crippen LogP contribution in [0.1, 0.15) is 36.0 Å². The van der Waals surface area contributed by atoms with Crippen molar-refractivity contribution in [1.29, 1.82) is 0 Å². The Bertz CT molecular complexity index is 418. The van der Waals surface area contributed by atoms with Gasteiger partial charge in [-0.15, -0.1) is 0 Å². The highest BCUT2D eigenvalue weighted by molar-refractivity contribution is 6.29. The minimum atomic E-state index is -0.127. The standard InChI is InChI=1S/C11H15ClN4O/c12-9-5-7(6-10(15-9)16-13)11(17)14-8-3-1-2-4-8/h5-6,8H,1-4,13H2,(H,14,17)(H,15,16). The van der Waals surface area contributed by atoms with E-state index in [2.05, 4.69) is 15.7 Å². The average molecular weight is 255 g/mol. The smallest absolute Gasteiger partial charge is 0.251 e. The molecule has 5 nitrogen and oxygen atoms in total. The molecule has 0 saturated heterocycles. The van der Waals surface area contributed by atoms with E-state index in [1.165, 1.54) is 18.9 Å². The average Bonchev–Trinajstić information content (AvgIpc) is 2.81. The molecule has 1 aromatic heterocycles. The number of carbonyl (C=O) groups is 1. The summed E-state index contributed by atoms with van der Waals surface area (Å²) in [4.78, 5) is 15.9. The minimum absolute atomic E-state index is 0.127. The Labute approximate surface area is 105 Å². The van der Waals surface area contributed by atoms with Gasteiger partial charge in [0.2, 0.25) is 0 Å². The van der Waals surface area contributed by atoms with Crippen molar-refractivity contribution in [2.45, 2.75) is 31.7 Å². The Kier molecular flexibility index (Phi) is 3.81. The molecule has 17 heavy (non-hydrogen) atoms. The van der Waals surface area contributed by atoms with Crippen LogP contribution < -0.4 is 16.6 Å². The van der Waals surface area contributed by atoms with E-state index in [-0.39, 0.29) is 17.1 Å². The van der Waals surface area contributed by atoms with E-state index >= 15 is 0 Å². The maximum Gasteiger partial charge on any atom is 0.251 e. The number of aromatic nitrogens is 1. The molecule has 0 bridgehead atoms. The molecule has 0 spiro atoms. The minimum Gasteiger partial charge on any atom is -0.349 e. The molecule has 4 N–H and O–H groups in total. The molecular formula is C11H15ClN4O. The lowest BCUT2D eigenvalue weighted by molar-refractivity contribution is 0.0938. The molecule has 0 unspecified atom stereocenters. The van der Waals surface area contributed by atoms with Crippen LogP contribution in [0.4, 0.5) is 5.82 Å². The summed E-state index contributed by atoms with van der Waals surface area (Å²) in [7, 11) is 0. The maximum absolute atomic E-state index is 12.0. The molecule has 0 atom stereocenters. The number of nitrogen functional groups attached to an aromatic ring is 1. The second-order valence-electron chi connectivity index (χ2n) is 4.16. The highest BCUT2D eigenvalue weighted by atomic mass is 35.5. The van der Waals surface area contributed by atoms with Gasteiger partial charge in [-0.05, 0) is 25.0 Å². The predicted molar refractivity (Wildman–Crippen MR) is 66.8 cm³/mol. The molecule has 1 fully saturated rings. The third-order valence-corrected chi connectivity index (χ3v) is 3.09. The van der Waals surface area contributed by atoms with Crippen LogP contribution in [0, 0.1) is 0 Å². The first-order valence-corrected chi connectivity index (χ1v) is 6.02. The molecule has 6 heteroatoms. The van der Waals surface area contributed by atoms with E-state index < -0.39 is 0 Å². The Hall–Kier alpha value is -1.33. The van der Waals surface area contributed by atoms with Gasteiger partial charge in [0.05, 0.1) is 0 Å². The van der Waals surface area contributed by atoms with E-state index in [9.17, 15) is 4.79 Å². The number of amides is 1. The Balaban J connectivity index is 2.09. The fraction of sp³-hybridized carbons (Fsp3) is 0.455. The Morgan fingerprint density at radius 3 is 2.76 bits per heavy atom. The first-order chi connectivity index (χ1) is 8.19. The van der Waals surface area contributed by atoms with Crippen LogP contribution in [-0.2, 0) is 0 Å². The number of nitrogens with two attached hydrogens (primary N) is 1. The van der Waals surface area contributed by atoms with Crippen LogP contribution in [-0.4, -0.2) is 16.9 Å². The summed E-state index contributed by atoms with van der Waals surface area (Å²) in [6.07, 6.45) is 4.45. The summed E-state index contributed by atoms with van der Waals surface area (Å²) in [5.41, 5.74) is 2.86. The number of nitrogens with zero attached hydrogens (tertiary/aromatic N) is 1. The van der Waals surface area contributed by atoms with Crippen LogP contribution in [0.2, 0.25) is 5.15 Å². The number of pyridine rings is 1. The van der Waals surface area contributed by atoms with Crippen molar-refractivity contribution in [3.63, 3.8) is 0 Å². The number of hydrazine groups is 1. The van der Waals surface area contributed by atoms with Gasteiger partial charge in [0.1, 0.15) is 11.0 Å². The first-order valence-electron chi connectivity index (χ1n) is 5.64. The number of nitrogens with one attached hydrogen (secondary N) is 2. The molecule has 2 rings (SSSR count). The van der Waals surface area contributed by atoms with Crippen LogP contribution in [0.15, 0.2) is 12.1 Å². The summed E-state index contributed by atoms with van der Waals surface area (Å²) in [5.74, 6) is 5.50. The Morgan fingerprint density at radius 2 is 2.12 bits per heavy atom. The van der Waals surface area contributed by atoms with Gasteiger partial charge in [-0.1, -0.05) is 24.4 Å². The molecule has 0 aliphatic heterocycles. The zero-order valence-electron chi connectivity index (χ0n) is 9.37. The molecular weight excluding hydrogens is 240 g/mol. The molecule has 0 radical (unpaired) electrons. The molecule has 1 aromatic rings. The third kappa shape index (κ3) is 3.08. The van der Waals surface area contributed by atoms with Crippen molar-refractivity contribution in [1.82, 2.24) is 10.3 Å². The summed E-state index contributed by atoms with van der Waals surface area (Å²) in [6.45, 7) is 0. The number of rotatable bonds is 3. The van der Waals surface area contributed by atoms with Gasteiger partial charge in [-0.2, -0.15) is 0 Å². The molecule has 1 heterocycles. The first kappa shape index (κ1) is 12.1. The summed E-state index contributed by atoms with van der Waals surface area (Å²) in [6, 6.07) is 3.40. The van der Waals surface area contributed by atoms with Crippen molar-refractivity contribution in [2.75, 3.05) is 5.43 Å². The van der Waals surface area contributed by atoms with Gasteiger partial charge >= 0.3 is 0 Å². The van der Waals surface area contributed by atoms with Crippen LogP contribution in [0.25, 0.3) is 0 Å². The number of hydrogen-bond acceptors (Lipinski definition) is 4. The lowest BCUT2D eigenvalue weighted by Crippen LogP contribution is -2.32. The van der Waals surface area contributed by atoms with Crippen LogP contribution in [0.3, 0.4) is 0 Å². The highest BCUT2D eigenvalue weighted by Crippen LogP contribution is 2.19. The van der Waals surface area contributed by atoms with Gasteiger partial charge in [0, 0.05) is 11.6 Å². The maximum atomic E-state index is 12.0. The van der Waals surface area contributed by atoms with Crippen molar-refractivity contribution >= 4 is 23.3 Å². The van der Waals surface area contributed by atoms with Gasteiger partial charge in [-0.25, -0.2) is 10.8 Å². The summed E-state index contributed by atoms with van der Waals surface area (Å²) >= 11 is 5.80. The zero-order valence-corrected chi connectivity index (χ0v) is 10.1. The second kappa shape index (κ2) is 5.33. The lowest BCUT2D eigenvalue weighted by Gasteiger charge is -2.12. The van der Waals surface area contributed by atoms with E-state index in [1.54, 1.807) is 6.07 Å². The van der Waals surface area contributed by atoms with E-state index in [0.717, 1.165) is 12.8 Å². The number of anilines is 1. The van der Waals surface area contributed by atoms with Crippen molar-refractivity contribution in [3.05, 3.63) is 22.8 Å². The highest BCUT2D eigenvalue weighted by Gasteiger charge is 2.18. The molecule has 1 aliphatic rings. The van der Waals surface area contributed by atoms with Gasteiger partial charge in [0.15, 0.2) is 0 Å². The largest absolute Gasteiger partial charge is 0.349 e.